The highest BCUT2D eigenvalue weighted by atomic mass is 16.5. The van der Waals surface area contributed by atoms with Gasteiger partial charge in [-0.05, 0) is 31.7 Å². The van der Waals surface area contributed by atoms with Crippen molar-refractivity contribution in [1.82, 2.24) is 10.2 Å². The fraction of sp³-hybridized carbons (Fsp3) is 1.00. The van der Waals surface area contributed by atoms with E-state index < -0.39 is 0 Å². The standard InChI is InChI=1S/C15H30N2O/c1-3-17-9-10-18-15(12-17)11-16-14-6-4-5-13(2)7-8-14/h13-16H,3-12H2,1-2H3. The molecule has 1 N–H and O–H groups in total. The number of ether oxygens (including phenoxy) is 1. The minimum absolute atomic E-state index is 0.402. The summed E-state index contributed by atoms with van der Waals surface area (Å²) in [6, 6.07) is 0.732. The molecule has 2 aliphatic rings. The zero-order valence-corrected chi connectivity index (χ0v) is 12.2. The van der Waals surface area contributed by atoms with Crippen LogP contribution >= 0.6 is 0 Å². The Balaban J connectivity index is 1.67. The maximum Gasteiger partial charge on any atom is 0.0826 e. The Hall–Kier alpha value is -0.120. The van der Waals surface area contributed by atoms with Crippen LogP contribution in [0.5, 0.6) is 0 Å². The summed E-state index contributed by atoms with van der Waals surface area (Å²) in [7, 11) is 0. The van der Waals surface area contributed by atoms with Gasteiger partial charge in [0, 0.05) is 25.7 Å². The van der Waals surface area contributed by atoms with Gasteiger partial charge in [-0.2, -0.15) is 0 Å². The van der Waals surface area contributed by atoms with E-state index in [9.17, 15) is 0 Å². The Morgan fingerprint density at radius 2 is 2.11 bits per heavy atom. The van der Waals surface area contributed by atoms with Crippen LogP contribution in [-0.2, 0) is 4.74 Å². The van der Waals surface area contributed by atoms with Gasteiger partial charge in [0.1, 0.15) is 0 Å². The van der Waals surface area contributed by atoms with E-state index in [1.165, 1.54) is 32.1 Å². The van der Waals surface area contributed by atoms with Gasteiger partial charge in [-0.1, -0.05) is 26.7 Å². The van der Waals surface area contributed by atoms with Crippen LogP contribution in [0.3, 0.4) is 0 Å². The van der Waals surface area contributed by atoms with Crippen molar-refractivity contribution in [3.63, 3.8) is 0 Å². The van der Waals surface area contributed by atoms with Gasteiger partial charge in [-0.25, -0.2) is 0 Å². The summed E-state index contributed by atoms with van der Waals surface area (Å²) in [6.07, 6.45) is 7.32. The molecule has 0 bridgehead atoms. The summed E-state index contributed by atoms with van der Waals surface area (Å²) in [5.41, 5.74) is 0. The second kappa shape index (κ2) is 7.46. The van der Waals surface area contributed by atoms with Gasteiger partial charge in [0.2, 0.25) is 0 Å². The van der Waals surface area contributed by atoms with Crippen molar-refractivity contribution in [3.8, 4) is 0 Å². The van der Waals surface area contributed by atoms with Crippen molar-refractivity contribution in [2.75, 3.05) is 32.8 Å². The summed E-state index contributed by atoms with van der Waals surface area (Å²) in [6.45, 7) is 9.94. The first-order valence-electron chi connectivity index (χ1n) is 7.85. The molecule has 1 heterocycles. The SMILES string of the molecule is CCN1CCOC(CNC2CCCC(C)CC2)C1. The molecular formula is C15H30N2O. The minimum atomic E-state index is 0.402. The normalized spacial score (nSPS) is 35.3. The zero-order chi connectivity index (χ0) is 12.8. The van der Waals surface area contributed by atoms with Crippen LogP contribution in [-0.4, -0.2) is 49.8 Å². The average Bonchev–Trinajstić information content (AvgIpc) is 2.61. The van der Waals surface area contributed by atoms with Crippen LogP contribution in [0, 0.1) is 5.92 Å². The molecule has 2 fully saturated rings. The number of hydrogen-bond acceptors (Lipinski definition) is 3. The van der Waals surface area contributed by atoms with Crippen molar-refractivity contribution in [3.05, 3.63) is 0 Å². The molecule has 3 heteroatoms. The largest absolute Gasteiger partial charge is 0.374 e. The lowest BCUT2D eigenvalue weighted by Gasteiger charge is -2.33. The minimum Gasteiger partial charge on any atom is -0.374 e. The van der Waals surface area contributed by atoms with E-state index in [2.05, 4.69) is 24.1 Å². The smallest absolute Gasteiger partial charge is 0.0826 e. The van der Waals surface area contributed by atoms with Gasteiger partial charge < -0.3 is 10.1 Å². The molecule has 1 saturated carbocycles. The van der Waals surface area contributed by atoms with Crippen LogP contribution in [0.15, 0.2) is 0 Å². The first-order valence-corrected chi connectivity index (χ1v) is 7.85. The lowest BCUT2D eigenvalue weighted by atomic mass is 10.0. The van der Waals surface area contributed by atoms with E-state index in [0.717, 1.165) is 44.7 Å². The van der Waals surface area contributed by atoms with E-state index in [0.29, 0.717) is 6.10 Å². The highest BCUT2D eigenvalue weighted by Gasteiger charge is 2.21. The molecule has 106 valence electrons. The van der Waals surface area contributed by atoms with Gasteiger partial charge in [-0.3, -0.25) is 4.90 Å². The van der Waals surface area contributed by atoms with Crippen LogP contribution < -0.4 is 5.32 Å². The maximum absolute atomic E-state index is 5.85. The second-order valence-electron chi connectivity index (χ2n) is 6.10. The highest BCUT2D eigenvalue weighted by molar-refractivity contribution is 4.78. The maximum atomic E-state index is 5.85. The molecule has 0 aromatic rings. The number of likely N-dealkylation sites (N-methyl/N-ethyl adjacent to an activating group) is 1. The third-order valence-electron chi connectivity index (χ3n) is 4.56. The third kappa shape index (κ3) is 4.52. The molecule has 2 rings (SSSR count). The molecule has 1 aliphatic carbocycles. The quantitative estimate of drug-likeness (QED) is 0.779. The molecule has 1 saturated heterocycles. The highest BCUT2D eigenvalue weighted by Crippen LogP contribution is 2.22. The Labute approximate surface area is 112 Å². The van der Waals surface area contributed by atoms with Gasteiger partial charge in [0.15, 0.2) is 0 Å². The molecule has 0 spiro atoms. The zero-order valence-electron chi connectivity index (χ0n) is 12.2. The molecular weight excluding hydrogens is 224 g/mol. The first-order chi connectivity index (χ1) is 8.78. The monoisotopic (exact) mass is 254 g/mol. The van der Waals surface area contributed by atoms with E-state index in [1.54, 1.807) is 0 Å². The molecule has 0 amide bonds. The topological polar surface area (TPSA) is 24.5 Å². The van der Waals surface area contributed by atoms with Crippen LogP contribution in [0.25, 0.3) is 0 Å². The van der Waals surface area contributed by atoms with Gasteiger partial charge in [0.25, 0.3) is 0 Å². The Morgan fingerprint density at radius 1 is 1.22 bits per heavy atom. The van der Waals surface area contributed by atoms with Crippen molar-refractivity contribution >= 4 is 0 Å². The van der Waals surface area contributed by atoms with Crippen LogP contribution in [0.4, 0.5) is 0 Å². The lowest BCUT2D eigenvalue weighted by Crippen LogP contribution is -2.48. The molecule has 0 aromatic carbocycles. The molecule has 0 radical (unpaired) electrons. The molecule has 3 unspecified atom stereocenters. The first kappa shape index (κ1) is 14.3. The Morgan fingerprint density at radius 3 is 2.94 bits per heavy atom. The van der Waals surface area contributed by atoms with E-state index >= 15 is 0 Å². The van der Waals surface area contributed by atoms with Crippen LogP contribution in [0.1, 0.15) is 46.0 Å². The number of rotatable bonds is 4. The average molecular weight is 254 g/mol. The fourth-order valence-corrected chi connectivity index (χ4v) is 3.18. The van der Waals surface area contributed by atoms with E-state index in [1.807, 2.05) is 0 Å². The summed E-state index contributed by atoms with van der Waals surface area (Å²) in [4.78, 5) is 2.49. The van der Waals surface area contributed by atoms with Gasteiger partial charge >= 0.3 is 0 Å². The van der Waals surface area contributed by atoms with Crippen molar-refractivity contribution in [1.29, 1.82) is 0 Å². The predicted octanol–water partition coefficient (Wildman–Crippen LogP) is 2.27. The number of hydrogen-bond donors (Lipinski definition) is 1. The van der Waals surface area contributed by atoms with Crippen molar-refractivity contribution in [2.24, 2.45) is 5.92 Å². The third-order valence-corrected chi connectivity index (χ3v) is 4.56. The molecule has 1 aliphatic heterocycles. The number of morpholine rings is 1. The summed E-state index contributed by atoms with van der Waals surface area (Å²) in [5, 5.41) is 3.74. The second-order valence-corrected chi connectivity index (χ2v) is 6.10. The van der Waals surface area contributed by atoms with E-state index in [4.69, 9.17) is 4.74 Å². The molecule has 0 aromatic heterocycles. The number of nitrogens with zero attached hydrogens (tertiary/aromatic N) is 1. The van der Waals surface area contributed by atoms with Crippen molar-refractivity contribution in [2.45, 2.75) is 58.1 Å². The molecule has 3 nitrogen and oxygen atoms in total. The molecule has 18 heavy (non-hydrogen) atoms. The predicted molar refractivity (Wildman–Crippen MR) is 75.9 cm³/mol. The van der Waals surface area contributed by atoms with Gasteiger partial charge in [-0.15, -0.1) is 0 Å². The lowest BCUT2D eigenvalue weighted by molar-refractivity contribution is -0.0265. The fourth-order valence-electron chi connectivity index (χ4n) is 3.18. The summed E-state index contributed by atoms with van der Waals surface area (Å²) < 4.78 is 5.85. The Bertz CT molecular complexity index is 233. The van der Waals surface area contributed by atoms with Gasteiger partial charge in [0.05, 0.1) is 12.7 Å². The molecule has 3 atom stereocenters. The number of nitrogens with one attached hydrogen (secondary N) is 1. The van der Waals surface area contributed by atoms with Crippen molar-refractivity contribution < 1.29 is 4.74 Å². The Kier molecular flexibility index (Phi) is 5.93. The summed E-state index contributed by atoms with van der Waals surface area (Å²) in [5.74, 6) is 0.929. The van der Waals surface area contributed by atoms with E-state index in [-0.39, 0.29) is 0 Å². The van der Waals surface area contributed by atoms with Crippen LogP contribution in [0.2, 0.25) is 0 Å². The summed E-state index contributed by atoms with van der Waals surface area (Å²) >= 11 is 0.